The zero-order valence-electron chi connectivity index (χ0n) is 9.56. The van der Waals surface area contributed by atoms with Gasteiger partial charge in [0.2, 0.25) is 0 Å². The van der Waals surface area contributed by atoms with E-state index < -0.39 is 0 Å². The molecule has 0 aromatic carbocycles. The number of halogens is 1. The van der Waals surface area contributed by atoms with Gasteiger partial charge in [0.05, 0.1) is 0 Å². The number of rotatable bonds is 2. The molecular formula is C12H24ClN. The molecule has 1 aliphatic carbocycles. The molecule has 1 fully saturated rings. The molecule has 14 heavy (non-hydrogen) atoms. The summed E-state index contributed by atoms with van der Waals surface area (Å²) in [6.07, 6.45) is 9.05. The fourth-order valence-electron chi connectivity index (χ4n) is 2.24. The molecule has 1 saturated carbocycles. The van der Waals surface area contributed by atoms with Crippen molar-refractivity contribution in [2.24, 2.45) is 0 Å². The van der Waals surface area contributed by atoms with E-state index in [0.717, 1.165) is 0 Å². The predicted octanol–water partition coefficient (Wildman–Crippen LogP) is 3.70. The van der Waals surface area contributed by atoms with Gasteiger partial charge in [-0.05, 0) is 25.7 Å². The SMILES string of the molecule is CC(C)NC1CCCCCC(Cl)CC1. The van der Waals surface area contributed by atoms with Gasteiger partial charge in [-0.1, -0.05) is 33.1 Å². The topological polar surface area (TPSA) is 12.0 Å². The summed E-state index contributed by atoms with van der Waals surface area (Å²) in [5.74, 6) is 0. The highest BCUT2D eigenvalue weighted by atomic mass is 35.5. The summed E-state index contributed by atoms with van der Waals surface area (Å²) in [5.41, 5.74) is 0. The van der Waals surface area contributed by atoms with Crippen molar-refractivity contribution in [3.63, 3.8) is 0 Å². The van der Waals surface area contributed by atoms with Crippen molar-refractivity contribution in [1.29, 1.82) is 0 Å². The Bertz CT molecular complexity index is 147. The van der Waals surface area contributed by atoms with E-state index in [-0.39, 0.29) is 0 Å². The van der Waals surface area contributed by atoms with Crippen LogP contribution < -0.4 is 5.32 Å². The first-order valence-corrected chi connectivity index (χ1v) is 6.52. The van der Waals surface area contributed by atoms with Crippen molar-refractivity contribution in [3.05, 3.63) is 0 Å². The maximum atomic E-state index is 6.24. The second-order valence-corrected chi connectivity index (χ2v) is 5.45. The van der Waals surface area contributed by atoms with Gasteiger partial charge in [-0.3, -0.25) is 0 Å². The molecular weight excluding hydrogens is 194 g/mol. The smallest absolute Gasteiger partial charge is 0.0336 e. The van der Waals surface area contributed by atoms with E-state index in [0.29, 0.717) is 17.5 Å². The van der Waals surface area contributed by atoms with E-state index in [4.69, 9.17) is 11.6 Å². The summed E-state index contributed by atoms with van der Waals surface area (Å²) in [4.78, 5) is 0. The van der Waals surface area contributed by atoms with Crippen molar-refractivity contribution in [2.75, 3.05) is 0 Å². The molecule has 1 aliphatic rings. The van der Waals surface area contributed by atoms with Crippen LogP contribution in [0.2, 0.25) is 0 Å². The van der Waals surface area contributed by atoms with E-state index in [1.807, 2.05) is 0 Å². The van der Waals surface area contributed by atoms with E-state index in [2.05, 4.69) is 19.2 Å². The number of hydrogen-bond donors (Lipinski definition) is 1. The zero-order valence-corrected chi connectivity index (χ0v) is 10.3. The Morgan fingerprint density at radius 1 is 1.00 bits per heavy atom. The standard InChI is InChI=1S/C12H24ClN/c1-10(2)14-12-7-5-3-4-6-11(13)8-9-12/h10-12,14H,3-9H2,1-2H3. The van der Waals surface area contributed by atoms with Gasteiger partial charge in [0.15, 0.2) is 0 Å². The third kappa shape index (κ3) is 5.21. The van der Waals surface area contributed by atoms with Gasteiger partial charge in [-0.15, -0.1) is 11.6 Å². The van der Waals surface area contributed by atoms with E-state index in [1.165, 1.54) is 44.9 Å². The zero-order chi connectivity index (χ0) is 10.4. The molecule has 1 nitrogen and oxygen atoms in total. The van der Waals surface area contributed by atoms with E-state index in [1.54, 1.807) is 0 Å². The van der Waals surface area contributed by atoms with Gasteiger partial charge in [0, 0.05) is 17.5 Å². The average molecular weight is 218 g/mol. The molecule has 0 heterocycles. The molecule has 2 unspecified atom stereocenters. The average Bonchev–Trinajstić information content (AvgIpc) is 2.19. The first-order valence-electron chi connectivity index (χ1n) is 6.08. The van der Waals surface area contributed by atoms with Gasteiger partial charge >= 0.3 is 0 Å². The lowest BCUT2D eigenvalue weighted by molar-refractivity contribution is 0.402. The summed E-state index contributed by atoms with van der Waals surface area (Å²) in [6.45, 7) is 4.45. The quantitative estimate of drug-likeness (QED) is 0.696. The fourth-order valence-corrected chi connectivity index (χ4v) is 2.52. The van der Waals surface area contributed by atoms with Crippen LogP contribution >= 0.6 is 11.6 Å². The number of alkyl halides is 1. The van der Waals surface area contributed by atoms with Crippen LogP contribution in [0, 0.1) is 0 Å². The molecule has 0 radical (unpaired) electrons. The highest BCUT2D eigenvalue weighted by Crippen LogP contribution is 2.21. The molecule has 0 spiro atoms. The van der Waals surface area contributed by atoms with E-state index >= 15 is 0 Å². The second-order valence-electron chi connectivity index (χ2n) is 4.83. The summed E-state index contributed by atoms with van der Waals surface area (Å²) in [5, 5.41) is 4.06. The molecule has 1 rings (SSSR count). The van der Waals surface area contributed by atoms with E-state index in [9.17, 15) is 0 Å². The van der Waals surface area contributed by atoms with Crippen LogP contribution in [0.25, 0.3) is 0 Å². The molecule has 2 heteroatoms. The summed E-state index contributed by atoms with van der Waals surface area (Å²) in [6, 6.07) is 1.31. The molecule has 0 aliphatic heterocycles. The summed E-state index contributed by atoms with van der Waals surface area (Å²) >= 11 is 6.24. The molecule has 2 atom stereocenters. The Labute approximate surface area is 93.6 Å². The number of nitrogens with one attached hydrogen (secondary N) is 1. The lowest BCUT2D eigenvalue weighted by Crippen LogP contribution is -2.34. The first kappa shape index (κ1) is 12.3. The maximum absolute atomic E-state index is 6.24. The molecule has 84 valence electrons. The normalized spacial score (nSPS) is 30.9. The molecule has 0 aromatic heterocycles. The van der Waals surface area contributed by atoms with Gasteiger partial charge < -0.3 is 5.32 Å². The van der Waals surface area contributed by atoms with Gasteiger partial charge in [0.25, 0.3) is 0 Å². The molecule has 0 saturated heterocycles. The molecule has 0 aromatic rings. The highest BCUT2D eigenvalue weighted by molar-refractivity contribution is 6.20. The Balaban J connectivity index is 2.32. The van der Waals surface area contributed by atoms with Crippen molar-refractivity contribution < 1.29 is 0 Å². The van der Waals surface area contributed by atoms with Crippen LogP contribution in [0.4, 0.5) is 0 Å². The van der Waals surface area contributed by atoms with Crippen molar-refractivity contribution in [2.45, 2.75) is 76.3 Å². The van der Waals surface area contributed by atoms with Gasteiger partial charge in [-0.25, -0.2) is 0 Å². The van der Waals surface area contributed by atoms with Gasteiger partial charge in [-0.2, -0.15) is 0 Å². The summed E-state index contributed by atoms with van der Waals surface area (Å²) < 4.78 is 0. The van der Waals surface area contributed by atoms with Crippen molar-refractivity contribution in [1.82, 2.24) is 5.32 Å². The van der Waals surface area contributed by atoms with Crippen LogP contribution in [0.3, 0.4) is 0 Å². The Hall–Kier alpha value is 0.250. The Kier molecular flexibility index (Phi) is 5.88. The Morgan fingerprint density at radius 3 is 2.43 bits per heavy atom. The van der Waals surface area contributed by atoms with Crippen molar-refractivity contribution >= 4 is 11.6 Å². The van der Waals surface area contributed by atoms with Crippen LogP contribution in [0.5, 0.6) is 0 Å². The Morgan fingerprint density at radius 2 is 1.71 bits per heavy atom. The minimum absolute atomic E-state index is 0.421. The lowest BCUT2D eigenvalue weighted by atomic mass is 10.0. The molecule has 1 N–H and O–H groups in total. The largest absolute Gasteiger partial charge is 0.312 e. The fraction of sp³-hybridized carbons (Fsp3) is 1.00. The van der Waals surface area contributed by atoms with Crippen LogP contribution in [-0.2, 0) is 0 Å². The lowest BCUT2D eigenvalue weighted by Gasteiger charge is -2.21. The minimum atomic E-state index is 0.421. The monoisotopic (exact) mass is 217 g/mol. The summed E-state index contributed by atoms with van der Waals surface area (Å²) in [7, 11) is 0. The second kappa shape index (κ2) is 6.68. The first-order chi connectivity index (χ1) is 6.68. The highest BCUT2D eigenvalue weighted by Gasteiger charge is 2.14. The predicted molar refractivity (Wildman–Crippen MR) is 64.0 cm³/mol. The third-order valence-corrected chi connectivity index (χ3v) is 3.40. The van der Waals surface area contributed by atoms with Crippen LogP contribution in [0.15, 0.2) is 0 Å². The van der Waals surface area contributed by atoms with Gasteiger partial charge in [0.1, 0.15) is 0 Å². The minimum Gasteiger partial charge on any atom is -0.312 e. The van der Waals surface area contributed by atoms with Crippen LogP contribution in [0.1, 0.15) is 58.8 Å². The molecule has 0 bridgehead atoms. The molecule has 0 amide bonds. The maximum Gasteiger partial charge on any atom is 0.0336 e. The van der Waals surface area contributed by atoms with Crippen LogP contribution in [-0.4, -0.2) is 17.5 Å². The van der Waals surface area contributed by atoms with Crippen molar-refractivity contribution in [3.8, 4) is 0 Å². The third-order valence-electron chi connectivity index (χ3n) is 2.97. The number of hydrogen-bond acceptors (Lipinski definition) is 1.